The number of phosphoric ester groups is 1. The third-order valence-corrected chi connectivity index (χ3v) is 16.0. The van der Waals surface area contributed by atoms with Crippen LogP contribution in [0.5, 0.6) is 0 Å². The molecule has 0 saturated heterocycles. The summed E-state index contributed by atoms with van der Waals surface area (Å²) in [6.07, 6.45) is 101. The van der Waals surface area contributed by atoms with Crippen molar-refractivity contribution in [3.05, 3.63) is 134 Å². The summed E-state index contributed by atoms with van der Waals surface area (Å²) in [5.74, 6) is -0.825. The highest BCUT2D eigenvalue weighted by atomic mass is 31.2. The summed E-state index contributed by atoms with van der Waals surface area (Å²) in [4.78, 5) is 35.4. The number of carbonyl (C=O) groups excluding carboxylic acids is 2. The molecule has 2 atom stereocenters. The highest BCUT2D eigenvalue weighted by Crippen LogP contribution is 2.43. The number of hydrogen-bond acceptors (Lipinski definition) is 8. The van der Waals surface area contributed by atoms with Crippen molar-refractivity contribution in [2.24, 2.45) is 5.73 Å². The molecule has 0 amide bonds. The molecule has 0 aromatic rings. The van der Waals surface area contributed by atoms with Gasteiger partial charge in [0.25, 0.3) is 0 Å². The molecule has 0 rings (SSSR count). The van der Waals surface area contributed by atoms with Gasteiger partial charge < -0.3 is 20.1 Å². The number of allylic oxidation sites excluding steroid dienone is 22. The molecule has 0 aliphatic rings. The molecule has 0 aliphatic heterocycles. The van der Waals surface area contributed by atoms with E-state index in [-0.39, 0.29) is 38.6 Å². The molecule has 0 fully saturated rings. The van der Waals surface area contributed by atoms with Gasteiger partial charge in [0.2, 0.25) is 0 Å². The SMILES string of the molecule is CC/C=C\C/C=C\C/C=C\C/C=C\C/C=C\C/C=C\CCCCCCCCCCCCCCC(=O)OC(COC(=O)CCCCCCCCCCCCCCCCCCCCC/C=C\C/C=C\C/C=C\C/C=C\C/C=C\CC)COP(=O)(O)OCCN. The summed E-state index contributed by atoms with van der Waals surface area (Å²) in [6, 6.07) is 0. The van der Waals surface area contributed by atoms with Gasteiger partial charge in [0.05, 0.1) is 13.2 Å². The summed E-state index contributed by atoms with van der Waals surface area (Å²) in [5.41, 5.74) is 5.40. The molecule has 0 spiro atoms. The van der Waals surface area contributed by atoms with Gasteiger partial charge in [-0.2, -0.15) is 0 Å². The molecule has 0 aromatic carbocycles. The highest BCUT2D eigenvalue weighted by molar-refractivity contribution is 7.47. The minimum absolute atomic E-state index is 0.0491. The first-order valence-corrected chi connectivity index (χ1v) is 37.2. The van der Waals surface area contributed by atoms with Crippen LogP contribution in [0.3, 0.4) is 0 Å². The van der Waals surface area contributed by atoms with E-state index in [0.717, 1.165) is 109 Å². The Labute approximate surface area is 535 Å². The van der Waals surface area contributed by atoms with Gasteiger partial charge in [0, 0.05) is 19.4 Å². The normalized spacial score (nSPS) is 13.7. The van der Waals surface area contributed by atoms with Crippen LogP contribution < -0.4 is 5.73 Å². The molecular formula is C77H132NO8P. The van der Waals surface area contributed by atoms with E-state index in [0.29, 0.717) is 6.42 Å². The fourth-order valence-corrected chi connectivity index (χ4v) is 10.6. The van der Waals surface area contributed by atoms with Crippen molar-refractivity contribution in [2.75, 3.05) is 26.4 Å². The molecule has 3 N–H and O–H groups in total. The molecule has 9 nitrogen and oxygen atoms in total. The number of esters is 2. The van der Waals surface area contributed by atoms with Crippen molar-refractivity contribution in [1.29, 1.82) is 0 Å². The minimum atomic E-state index is -4.40. The van der Waals surface area contributed by atoms with Crippen LogP contribution in [0.2, 0.25) is 0 Å². The third-order valence-electron chi connectivity index (χ3n) is 15.0. The maximum atomic E-state index is 12.8. The van der Waals surface area contributed by atoms with Crippen LogP contribution >= 0.6 is 7.82 Å². The largest absolute Gasteiger partial charge is 0.472 e. The van der Waals surface area contributed by atoms with Crippen LogP contribution in [-0.4, -0.2) is 49.3 Å². The van der Waals surface area contributed by atoms with Crippen molar-refractivity contribution < 1.29 is 37.6 Å². The van der Waals surface area contributed by atoms with E-state index in [1.54, 1.807) is 0 Å². The average Bonchev–Trinajstić information content (AvgIpc) is 3.66. The first-order valence-electron chi connectivity index (χ1n) is 35.7. The summed E-state index contributed by atoms with van der Waals surface area (Å²) < 4.78 is 33.2. The standard InChI is InChI=1S/C77H132NO8P/c1-3-5-7-9-11-13-15-17-19-21-23-25-27-29-31-33-35-36-37-38-40-41-43-45-47-49-51-53-55-57-59-61-63-65-67-69-76(79)83-73-75(74-85-87(81,82)84-72-71-78)86-77(80)70-68-66-64-62-60-58-56-54-52-50-48-46-44-42-39-34-32-30-28-26-24-22-20-18-16-14-12-10-8-6-4-2/h5-8,11-14,17-20,23-26,29-32,39,42,75H,3-4,9-10,15-16,21-22,27-28,33-38,40-41,43-74,78H2,1-2H3,(H,81,82)/b7-5-,8-6-,13-11-,14-12-,19-17-,20-18-,25-23-,26-24-,31-29-,32-30-,42-39-. The smallest absolute Gasteiger partial charge is 0.462 e. The zero-order valence-corrected chi connectivity index (χ0v) is 56.9. The second-order valence-corrected chi connectivity index (χ2v) is 24.8. The van der Waals surface area contributed by atoms with Crippen LogP contribution in [0, 0.1) is 0 Å². The Morgan fingerprint density at radius 1 is 0.345 bits per heavy atom. The number of hydrogen-bond donors (Lipinski definition) is 2. The molecule has 87 heavy (non-hydrogen) atoms. The Morgan fingerprint density at radius 2 is 0.598 bits per heavy atom. The number of ether oxygens (including phenoxy) is 2. The van der Waals surface area contributed by atoms with Gasteiger partial charge in [-0.15, -0.1) is 0 Å². The van der Waals surface area contributed by atoms with Crippen molar-refractivity contribution in [3.63, 3.8) is 0 Å². The second-order valence-electron chi connectivity index (χ2n) is 23.3. The molecule has 0 bridgehead atoms. The molecular weight excluding hydrogens is 1100 g/mol. The van der Waals surface area contributed by atoms with Crippen LogP contribution in [0.15, 0.2) is 134 Å². The van der Waals surface area contributed by atoms with Crippen molar-refractivity contribution >= 4 is 19.8 Å². The second kappa shape index (κ2) is 71.2. The van der Waals surface area contributed by atoms with E-state index in [2.05, 4.69) is 148 Å². The average molecular weight is 1230 g/mol. The quantitative estimate of drug-likeness (QED) is 0.0264. The maximum Gasteiger partial charge on any atom is 0.472 e. The summed E-state index contributed by atoms with van der Waals surface area (Å²) in [7, 11) is -4.40. The van der Waals surface area contributed by atoms with E-state index in [4.69, 9.17) is 24.3 Å². The van der Waals surface area contributed by atoms with E-state index < -0.39 is 26.5 Å². The van der Waals surface area contributed by atoms with Gasteiger partial charge in [-0.1, -0.05) is 321 Å². The number of nitrogens with two attached hydrogens (primary N) is 1. The first kappa shape index (κ1) is 83.2. The molecule has 10 heteroatoms. The van der Waals surface area contributed by atoms with Crippen molar-refractivity contribution in [3.8, 4) is 0 Å². The monoisotopic (exact) mass is 1230 g/mol. The Kier molecular flexibility index (Phi) is 68.1. The summed E-state index contributed by atoms with van der Waals surface area (Å²) in [6.45, 7) is 3.54. The fourth-order valence-electron chi connectivity index (χ4n) is 9.85. The van der Waals surface area contributed by atoms with Crippen LogP contribution in [0.4, 0.5) is 0 Å². The molecule has 0 radical (unpaired) electrons. The fraction of sp³-hybridized carbons (Fsp3) is 0.688. The van der Waals surface area contributed by atoms with Gasteiger partial charge >= 0.3 is 19.8 Å². The summed E-state index contributed by atoms with van der Waals surface area (Å²) in [5, 5.41) is 0. The van der Waals surface area contributed by atoms with Crippen molar-refractivity contribution in [2.45, 2.75) is 315 Å². The molecule has 2 unspecified atom stereocenters. The number of unbranched alkanes of at least 4 members (excludes halogenated alkanes) is 31. The van der Waals surface area contributed by atoms with Gasteiger partial charge in [0.15, 0.2) is 6.10 Å². The zero-order chi connectivity index (χ0) is 63.0. The van der Waals surface area contributed by atoms with Gasteiger partial charge in [-0.05, 0) is 109 Å². The van der Waals surface area contributed by atoms with Gasteiger partial charge in [-0.25, -0.2) is 4.57 Å². The topological polar surface area (TPSA) is 134 Å². The Balaban J connectivity index is 3.88. The van der Waals surface area contributed by atoms with E-state index in [1.807, 2.05) is 0 Å². The molecule has 498 valence electrons. The molecule has 0 aromatic heterocycles. The molecule has 0 saturated carbocycles. The third kappa shape index (κ3) is 71.1. The van der Waals surface area contributed by atoms with E-state index in [9.17, 15) is 19.0 Å². The summed E-state index contributed by atoms with van der Waals surface area (Å²) >= 11 is 0. The lowest BCUT2D eigenvalue weighted by Gasteiger charge is -2.19. The lowest BCUT2D eigenvalue weighted by Crippen LogP contribution is -2.29. The Bertz CT molecular complexity index is 1890. The number of carbonyl (C=O) groups is 2. The predicted octanol–water partition coefficient (Wildman–Crippen LogP) is 23.6. The van der Waals surface area contributed by atoms with Gasteiger partial charge in [-0.3, -0.25) is 18.6 Å². The minimum Gasteiger partial charge on any atom is -0.462 e. The molecule has 0 aliphatic carbocycles. The predicted molar refractivity (Wildman–Crippen MR) is 376 cm³/mol. The van der Waals surface area contributed by atoms with Gasteiger partial charge in [0.1, 0.15) is 6.61 Å². The van der Waals surface area contributed by atoms with Crippen molar-refractivity contribution in [1.82, 2.24) is 0 Å². The lowest BCUT2D eigenvalue weighted by molar-refractivity contribution is -0.161. The Hall–Kier alpha value is -3.85. The maximum absolute atomic E-state index is 12.8. The van der Waals surface area contributed by atoms with Crippen LogP contribution in [-0.2, 0) is 32.7 Å². The van der Waals surface area contributed by atoms with Crippen LogP contribution in [0.25, 0.3) is 0 Å². The first-order chi connectivity index (χ1) is 42.8. The van der Waals surface area contributed by atoms with E-state index in [1.165, 1.54) is 167 Å². The number of rotatable bonds is 66. The van der Waals surface area contributed by atoms with Crippen LogP contribution in [0.1, 0.15) is 309 Å². The lowest BCUT2D eigenvalue weighted by atomic mass is 10.0. The Morgan fingerprint density at radius 3 is 0.885 bits per heavy atom. The number of phosphoric acid groups is 1. The van der Waals surface area contributed by atoms with E-state index >= 15 is 0 Å². The molecule has 0 heterocycles. The zero-order valence-electron chi connectivity index (χ0n) is 56.0. The highest BCUT2D eigenvalue weighted by Gasteiger charge is 2.26.